The fourth-order valence-electron chi connectivity index (χ4n) is 1.98. The van der Waals surface area contributed by atoms with Gasteiger partial charge in [-0.25, -0.2) is 4.39 Å². The van der Waals surface area contributed by atoms with Gasteiger partial charge in [-0.05, 0) is 37.1 Å². The molecule has 0 spiro atoms. The molecule has 0 fully saturated rings. The SMILES string of the molecule is Cc1cccc(CSCC(=O)Nc2cc(C)ccc2F)c1. The van der Waals surface area contributed by atoms with Crippen LogP contribution in [0.2, 0.25) is 0 Å². The van der Waals surface area contributed by atoms with Gasteiger partial charge >= 0.3 is 0 Å². The number of hydrogen-bond donors (Lipinski definition) is 1. The van der Waals surface area contributed by atoms with Crippen molar-refractivity contribution < 1.29 is 9.18 Å². The van der Waals surface area contributed by atoms with E-state index in [0.29, 0.717) is 5.75 Å². The van der Waals surface area contributed by atoms with Crippen LogP contribution in [0.1, 0.15) is 16.7 Å². The number of hydrogen-bond acceptors (Lipinski definition) is 2. The summed E-state index contributed by atoms with van der Waals surface area (Å²) in [6, 6.07) is 12.9. The van der Waals surface area contributed by atoms with Crippen molar-refractivity contribution in [2.45, 2.75) is 19.6 Å². The van der Waals surface area contributed by atoms with Crippen molar-refractivity contribution in [3.63, 3.8) is 0 Å². The Morgan fingerprint density at radius 3 is 2.67 bits per heavy atom. The van der Waals surface area contributed by atoms with E-state index in [9.17, 15) is 9.18 Å². The van der Waals surface area contributed by atoms with E-state index >= 15 is 0 Å². The molecule has 21 heavy (non-hydrogen) atoms. The molecule has 0 bridgehead atoms. The maximum absolute atomic E-state index is 13.5. The van der Waals surface area contributed by atoms with Crippen LogP contribution >= 0.6 is 11.8 Å². The minimum atomic E-state index is -0.405. The highest BCUT2D eigenvalue weighted by Gasteiger charge is 2.07. The van der Waals surface area contributed by atoms with Crippen molar-refractivity contribution in [1.29, 1.82) is 0 Å². The highest BCUT2D eigenvalue weighted by molar-refractivity contribution is 7.99. The molecular formula is C17H18FNOS. The normalized spacial score (nSPS) is 10.4. The van der Waals surface area contributed by atoms with Crippen LogP contribution < -0.4 is 5.32 Å². The Morgan fingerprint density at radius 1 is 1.14 bits per heavy atom. The summed E-state index contributed by atoms with van der Waals surface area (Å²) < 4.78 is 13.5. The standard InChI is InChI=1S/C17H18FNOS/c1-12-4-3-5-14(8-12)10-21-11-17(20)19-16-9-13(2)6-7-15(16)18/h3-9H,10-11H2,1-2H3,(H,19,20). The molecule has 2 aromatic carbocycles. The molecule has 0 radical (unpaired) electrons. The van der Waals surface area contributed by atoms with Crippen LogP contribution in [0, 0.1) is 19.7 Å². The average molecular weight is 303 g/mol. The minimum Gasteiger partial charge on any atom is -0.323 e. The maximum atomic E-state index is 13.5. The molecule has 1 N–H and O–H groups in total. The van der Waals surface area contributed by atoms with Crippen molar-refractivity contribution >= 4 is 23.4 Å². The van der Waals surface area contributed by atoms with Crippen LogP contribution in [-0.2, 0) is 10.5 Å². The van der Waals surface area contributed by atoms with Gasteiger partial charge in [0.1, 0.15) is 5.82 Å². The molecule has 110 valence electrons. The molecule has 0 saturated carbocycles. The maximum Gasteiger partial charge on any atom is 0.234 e. The Bertz CT molecular complexity index is 642. The van der Waals surface area contributed by atoms with Gasteiger partial charge in [0.25, 0.3) is 0 Å². The number of amides is 1. The lowest BCUT2D eigenvalue weighted by Gasteiger charge is -2.07. The van der Waals surface area contributed by atoms with Crippen LogP contribution in [0.15, 0.2) is 42.5 Å². The highest BCUT2D eigenvalue weighted by Crippen LogP contribution is 2.17. The fraction of sp³-hybridized carbons (Fsp3) is 0.235. The van der Waals surface area contributed by atoms with Crippen molar-refractivity contribution in [3.05, 3.63) is 65.0 Å². The Morgan fingerprint density at radius 2 is 1.90 bits per heavy atom. The zero-order chi connectivity index (χ0) is 15.2. The zero-order valence-corrected chi connectivity index (χ0v) is 13.0. The molecule has 0 heterocycles. The highest BCUT2D eigenvalue weighted by atomic mass is 32.2. The van der Waals surface area contributed by atoms with Crippen LogP contribution in [0.5, 0.6) is 0 Å². The summed E-state index contributed by atoms with van der Waals surface area (Å²) in [5, 5.41) is 2.61. The molecule has 0 unspecified atom stereocenters. The third-order valence-corrected chi connectivity index (χ3v) is 3.98. The monoisotopic (exact) mass is 303 g/mol. The van der Waals surface area contributed by atoms with Gasteiger partial charge in [0.2, 0.25) is 5.91 Å². The second-order valence-electron chi connectivity index (χ2n) is 5.01. The number of benzene rings is 2. The summed E-state index contributed by atoms with van der Waals surface area (Å²) in [6.45, 7) is 3.91. The Kier molecular flexibility index (Phi) is 5.39. The lowest BCUT2D eigenvalue weighted by molar-refractivity contribution is -0.113. The lowest BCUT2D eigenvalue weighted by atomic mass is 10.2. The fourth-order valence-corrected chi connectivity index (χ4v) is 2.76. The molecule has 0 saturated heterocycles. The molecular weight excluding hydrogens is 285 g/mol. The van der Waals surface area contributed by atoms with Crippen LogP contribution in [0.3, 0.4) is 0 Å². The number of thioether (sulfide) groups is 1. The first-order chi connectivity index (χ1) is 10.0. The topological polar surface area (TPSA) is 29.1 Å². The van der Waals surface area contributed by atoms with E-state index in [1.165, 1.54) is 29.0 Å². The summed E-state index contributed by atoms with van der Waals surface area (Å²) in [4.78, 5) is 11.8. The predicted molar refractivity (Wildman–Crippen MR) is 87.1 cm³/mol. The summed E-state index contributed by atoms with van der Waals surface area (Å²) in [5.41, 5.74) is 3.56. The molecule has 0 aromatic heterocycles. The second kappa shape index (κ2) is 7.27. The van der Waals surface area contributed by atoms with Gasteiger partial charge < -0.3 is 5.32 Å². The van der Waals surface area contributed by atoms with Crippen molar-refractivity contribution in [1.82, 2.24) is 0 Å². The van der Waals surface area contributed by atoms with E-state index in [1.807, 2.05) is 32.0 Å². The molecule has 0 aliphatic rings. The zero-order valence-electron chi connectivity index (χ0n) is 12.2. The summed E-state index contributed by atoms with van der Waals surface area (Å²) >= 11 is 1.52. The molecule has 2 aromatic rings. The summed E-state index contributed by atoms with van der Waals surface area (Å²) in [7, 11) is 0. The van der Waals surface area contributed by atoms with Gasteiger partial charge in [0.05, 0.1) is 11.4 Å². The second-order valence-corrected chi connectivity index (χ2v) is 6.00. The van der Waals surface area contributed by atoms with E-state index in [0.717, 1.165) is 11.3 Å². The van der Waals surface area contributed by atoms with Crippen LogP contribution in [0.4, 0.5) is 10.1 Å². The number of anilines is 1. The first kappa shape index (κ1) is 15.6. The molecule has 2 rings (SSSR count). The van der Waals surface area contributed by atoms with Crippen molar-refractivity contribution in [2.24, 2.45) is 0 Å². The molecule has 0 atom stereocenters. The van der Waals surface area contributed by atoms with Crippen molar-refractivity contribution in [3.8, 4) is 0 Å². The first-order valence-corrected chi connectivity index (χ1v) is 7.89. The third-order valence-electron chi connectivity index (χ3n) is 2.98. The Labute approximate surface area is 128 Å². The number of aryl methyl sites for hydroxylation is 2. The summed E-state index contributed by atoms with van der Waals surface area (Å²) in [5.74, 6) is 0.488. The van der Waals surface area contributed by atoms with E-state index in [2.05, 4.69) is 11.4 Å². The third kappa shape index (κ3) is 4.90. The van der Waals surface area contributed by atoms with Gasteiger partial charge in [-0.1, -0.05) is 35.9 Å². The smallest absolute Gasteiger partial charge is 0.234 e. The molecule has 0 aliphatic carbocycles. The van der Waals surface area contributed by atoms with Crippen molar-refractivity contribution in [2.75, 3.05) is 11.1 Å². The number of nitrogens with one attached hydrogen (secondary N) is 1. The van der Waals surface area contributed by atoms with Gasteiger partial charge in [-0.15, -0.1) is 11.8 Å². The van der Waals surface area contributed by atoms with Gasteiger partial charge in [0.15, 0.2) is 0 Å². The number of halogens is 1. The Balaban J connectivity index is 1.84. The molecule has 0 aliphatic heterocycles. The van der Waals surface area contributed by atoms with Crippen LogP contribution in [0.25, 0.3) is 0 Å². The molecule has 4 heteroatoms. The average Bonchev–Trinajstić information content (AvgIpc) is 2.43. The molecule has 1 amide bonds. The Hall–Kier alpha value is -1.81. The largest absolute Gasteiger partial charge is 0.323 e. The first-order valence-electron chi connectivity index (χ1n) is 6.74. The number of carbonyl (C=O) groups excluding carboxylic acids is 1. The van der Waals surface area contributed by atoms with Gasteiger partial charge in [-0.3, -0.25) is 4.79 Å². The lowest BCUT2D eigenvalue weighted by Crippen LogP contribution is -2.15. The van der Waals surface area contributed by atoms with E-state index in [4.69, 9.17) is 0 Å². The number of carbonyl (C=O) groups is 1. The van der Waals surface area contributed by atoms with Gasteiger partial charge in [-0.2, -0.15) is 0 Å². The minimum absolute atomic E-state index is 0.183. The quantitative estimate of drug-likeness (QED) is 0.891. The van der Waals surface area contributed by atoms with Crippen LogP contribution in [-0.4, -0.2) is 11.7 Å². The summed E-state index contributed by atoms with van der Waals surface area (Å²) in [6.07, 6.45) is 0. The van der Waals surface area contributed by atoms with Gasteiger partial charge in [0, 0.05) is 5.75 Å². The van der Waals surface area contributed by atoms with E-state index in [-0.39, 0.29) is 11.6 Å². The number of rotatable bonds is 5. The predicted octanol–water partition coefficient (Wildman–Crippen LogP) is 4.31. The molecule has 2 nitrogen and oxygen atoms in total. The van der Waals surface area contributed by atoms with E-state index < -0.39 is 5.82 Å². The van der Waals surface area contributed by atoms with E-state index in [1.54, 1.807) is 12.1 Å².